The standard InChI is InChI=1S/C15H15Cl2NO2/c1-10-3-12(8-18-7-10)9-20-15-13(17)4-11(6-16)5-14(15)19-2/h3-5,7-8H,6,9H2,1-2H3. The summed E-state index contributed by atoms with van der Waals surface area (Å²) in [6, 6.07) is 5.62. The Kier molecular flexibility index (Phi) is 5.10. The van der Waals surface area contributed by atoms with Crippen LogP contribution in [0.3, 0.4) is 0 Å². The van der Waals surface area contributed by atoms with Crippen LogP contribution in [0.25, 0.3) is 0 Å². The van der Waals surface area contributed by atoms with E-state index in [9.17, 15) is 0 Å². The van der Waals surface area contributed by atoms with E-state index >= 15 is 0 Å². The monoisotopic (exact) mass is 311 g/mol. The van der Waals surface area contributed by atoms with Crippen LogP contribution in [-0.2, 0) is 12.5 Å². The number of rotatable bonds is 5. The van der Waals surface area contributed by atoms with Crippen LogP contribution in [0.15, 0.2) is 30.6 Å². The van der Waals surface area contributed by atoms with E-state index in [-0.39, 0.29) is 0 Å². The molecule has 20 heavy (non-hydrogen) atoms. The molecule has 0 atom stereocenters. The van der Waals surface area contributed by atoms with E-state index in [0.29, 0.717) is 29.0 Å². The van der Waals surface area contributed by atoms with Gasteiger partial charge in [0, 0.05) is 23.8 Å². The highest BCUT2D eigenvalue weighted by Crippen LogP contribution is 2.37. The number of halogens is 2. The van der Waals surface area contributed by atoms with Crippen LogP contribution in [0.5, 0.6) is 11.5 Å². The van der Waals surface area contributed by atoms with Gasteiger partial charge in [-0.2, -0.15) is 0 Å². The Morgan fingerprint density at radius 2 is 1.95 bits per heavy atom. The lowest BCUT2D eigenvalue weighted by Gasteiger charge is -2.13. The van der Waals surface area contributed by atoms with Gasteiger partial charge in [-0.15, -0.1) is 11.6 Å². The summed E-state index contributed by atoms with van der Waals surface area (Å²) in [5.74, 6) is 1.47. The quantitative estimate of drug-likeness (QED) is 0.768. The van der Waals surface area contributed by atoms with E-state index in [2.05, 4.69) is 4.98 Å². The fourth-order valence-electron chi connectivity index (χ4n) is 1.84. The Balaban J connectivity index is 2.20. The lowest BCUT2D eigenvalue weighted by molar-refractivity contribution is 0.284. The van der Waals surface area contributed by atoms with Gasteiger partial charge in [0.05, 0.1) is 12.1 Å². The molecule has 1 aromatic carbocycles. The summed E-state index contributed by atoms with van der Waals surface area (Å²) in [7, 11) is 1.57. The van der Waals surface area contributed by atoms with Crippen LogP contribution in [0.4, 0.5) is 0 Å². The van der Waals surface area contributed by atoms with E-state index in [1.807, 2.05) is 19.1 Å². The number of methoxy groups -OCH3 is 1. The molecule has 0 spiro atoms. The minimum atomic E-state index is 0.373. The third-order valence-electron chi connectivity index (χ3n) is 2.76. The molecule has 0 aliphatic heterocycles. The number of aryl methyl sites for hydroxylation is 1. The highest BCUT2D eigenvalue weighted by molar-refractivity contribution is 6.32. The average molecular weight is 312 g/mol. The van der Waals surface area contributed by atoms with Crippen LogP contribution in [0.2, 0.25) is 5.02 Å². The number of hydrogen-bond donors (Lipinski definition) is 0. The zero-order valence-corrected chi connectivity index (χ0v) is 12.8. The maximum absolute atomic E-state index is 6.21. The molecule has 2 rings (SSSR count). The van der Waals surface area contributed by atoms with Crippen molar-refractivity contribution in [3.8, 4) is 11.5 Å². The molecule has 0 fully saturated rings. The lowest BCUT2D eigenvalue weighted by atomic mass is 10.2. The molecule has 2 aromatic rings. The van der Waals surface area contributed by atoms with E-state index in [4.69, 9.17) is 32.7 Å². The predicted octanol–water partition coefficient (Wildman–Crippen LogP) is 4.37. The van der Waals surface area contributed by atoms with Gasteiger partial charge in [0.15, 0.2) is 11.5 Å². The highest BCUT2D eigenvalue weighted by Gasteiger charge is 2.12. The molecule has 0 radical (unpaired) electrons. The summed E-state index contributed by atoms with van der Waals surface area (Å²) >= 11 is 12.0. The molecule has 0 bridgehead atoms. The van der Waals surface area contributed by atoms with Crippen LogP contribution < -0.4 is 9.47 Å². The van der Waals surface area contributed by atoms with Gasteiger partial charge >= 0.3 is 0 Å². The van der Waals surface area contributed by atoms with Gasteiger partial charge in [0.25, 0.3) is 0 Å². The van der Waals surface area contributed by atoms with E-state index in [1.165, 1.54) is 0 Å². The Hall–Kier alpha value is -1.45. The number of hydrogen-bond acceptors (Lipinski definition) is 3. The molecular formula is C15H15Cl2NO2. The zero-order valence-electron chi connectivity index (χ0n) is 11.3. The topological polar surface area (TPSA) is 31.4 Å². The zero-order chi connectivity index (χ0) is 14.5. The van der Waals surface area contributed by atoms with Crippen LogP contribution >= 0.6 is 23.2 Å². The molecule has 1 heterocycles. The first-order valence-corrected chi connectivity index (χ1v) is 7.01. The van der Waals surface area contributed by atoms with Crippen LogP contribution in [0.1, 0.15) is 16.7 Å². The molecule has 3 nitrogen and oxygen atoms in total. The fraction of sp³-hybridized carbons (Fsp3) is 0.267. The van der Waals surface area contributed by atoms with E-state index in [0.717, 1.165) is 16.7 Å². The van der Waals surface area contributed by atoms with Crippen molar-refractivity contribution in [2.75, 3.05) is 7.11 Å². The predicted molar refractivity (Wildman–Crippen MR) is 80.9 cm³/mol. The Morgan fingerprint density at radius 3 is 2.60 bits per heavy atom. The van der Waals surface area contributed by atoms with Gasteiger partial charge in [-0.3, -0.25) is 4.98 Å². The minimum Gasteiger partial charge on any atom is -0.493 e. The minimum absolute atomic E-state index is 0.373. The van der Waals surface area contributed by atoms with Crippen LogP contribution in [-0.4, -0.2) is 12.1 Å². The van der Waals surface area contributed by atoms with Crippen molar-refractivity contribution in [2.24, 2.45) is 0 Å². The van der Waals surface area contributed by atoms with Gasteiger partial charge < -0.3 is 9.47 Å². The number of alkyl halides is 1. The molecule has 106 valence electrons. The van der Waals surface area contributed by atoms with Gasteiger partial charge in [-0.25, -0.2) is 0 Å². The van der Waals surface area contributed by atoms with Gasteiger partial charge in [-0.1, -0.05) is 11.6 Å². The molecular weight excluding hydrogens is 297 g/mol. The second-order valence-electron chi connectivity index (χ2n) is 4.40. The van der Waals surface area contributed by atoms with Crippen LogP contribution in [0, 0.1) is 6.92 Å². The molecule has 1 aromatic heterocycles. The van der Waals surface area contributed by atoms with Gasteiger partial charge in [0.1, 0.15) is 6.61 Å². The molecule has 0 aliphatic rings. The van der Waals surface area contributed by atoms with Crippen molar-refractivity contribution in [3.05, 3.63) is 52.3 Å². The van der Waals surface area contributed by atoms with Crippen molar-refractivity contribution in [3.63, 3.8) is 0 Å². The third-order valence-corrected chi connectivity index (χ3v) is 3.35. The average Bonchev–Trinajstić information content (AvgIpc) is 2.45. The summed E-state index contributed by atoms with van der Waals surface area (Å²) < 4.78 is 11.1. The van der Waals surface area contributed by atoms with Crippen molar-refractivity contribution < 1.29 is 9.47 Å². The normalized spacial score (nSPS) is 10.4. The molecule has 0 amide bonds. The van der Waals surface area contributed by atoms with Gasteiger partial charge in [0.2, 0.25) is 0 Å². The van der Waals surface area contributed by atoms with Crippen molar-refractivity contribution in [1.82, 2.24) is 4.98 Å². The summed E-state index contributed by atoms with van der Waals surface area (Å²) in [4.78, 5) is 4.13. The fourth-order valence-corrected chi connectivity index (χ4v) is 2.28. The maximum atomic E-state index is 6.21. The Bertz CT molecular complexity index is 602. The van der Waals surface area contributed by atoms with Gasteiger partial charge in [-0.05, 0) is 36.2 Å². The first kappa shape index (κ1) is 14.9. The SMILES string of the molecule is COc1cc(CCl)cc(Cl)c1OCc1cncc(C)c1. The summed E-state index contributed by atoms with van der Waals surface area (Å²) in [6.45, 7) is 2.37. The summed E-state index contributed by atoms with van der Waals surface area (Å²) in [5.41, 5.74) is 2.95. The highest BCUT2D eigenvalue weighted by atomic mass is 35.5. The van der Waals surface area contributed by atoms with Crippen molar-refractivity contribution in [2.45, 2.75) is 19.4 Å². The Morgan fingerprint density at radius 1 is 1.15 bits per heavy atom. The molecule has 0 unspecified atom stereocenters. The number of ether oxygens (including phenoxy) is 2. The molecule has 0 aliphatic carbocycles. The third kappa shape index (κ3) is 3.56. The maximum Gasteiger partial charge on any atom is 0.180 e. The van der Waals surface area contributed by atoms with E-state index in [1.54, 1.807) is 25.6 Å². The largest absolute Gasteiger partial charge is 0.493 e. The second kappa shape index (κ2) is 6.82. The van der Waals surface area contributed by atoms with E-state index < -0.39 is 0 Å². The molecule has 0 N–H and O–H groups in total. The lowest BCUT2D eigenvalue weighted by Crippen LogP contribution is -2.00. The number of nitrogens with zero attached hydrogens (tertiary/aromatic N) is 1. The Labute approximate surface area is 128 Å². The number of pyridine rings is 1. The summed E-state index contributed by atoms with van der Waals surface area (Å²) in [6.07, 6.45) is 3.56. The molecule has 5 heteroatoms. The smallest absolute Gasteiger partial charge is 0.180 e. The van der Waals surface area contributed by atoms with Crippen molar-refractivity contribution in [1.29, 1.82) is 0 Å². The second-order valence-corrected chi connectivity index (χ2v) is 5.08. The summed E-state index contributed by atoms with van der Waals surface area (Å²) in [5, 5.41) is 0.487. The first-order valence-electron chi connectivity index (χ1n) is 6.09. The molecule has 0 saturated carbocycles. The molecule has 0 saturated heterocycles. The first-order chi connectivity index (χ1) is 9.63. The van der Waals surface area contributed by atoms with Crippen molar-refractivity contribution >= 4 is 23.2 Å². The number of aromatic nitrogens is 1. The number of benzene rings is 1.